The van der Waals surface area contributed by atoms with Gasteiger partial charge in [-0.25, -0.2) is 4.79 Å². The van der Waals surface area contributed by atoms with Gasteiger partial charge in [-0.2, -0.15) is 0 Å². The Bertz CT molecular complexity index is 969. The van der Waals surface area contributed by atoms with E-state index in [0.29, 0.717) is 28.7 Å². The third-order valence-corrected chi connectivity index (χ3v) is 5.16. The van der Waals surface area contributed by atoms with Crippen LogP contribution in [-0.2, 0) is 14.3 Å². The van der Waals surface area contributed by atoms with Crippen LogP contribution in [0.15, 0.2) is 42.5 Å². The number of rotatable bonds is 10. The molecule has 0 saturated carbocycles. The SMILES string of the molecule is CCC(C)c1ccccc1NC(=O)C(C)OC(=O)/C=C/c1cc(OC)c(OC)cc1OC. The van der Waals surface area contributed by atoms with Crippen LogP contribution >= 0.6 is 0 Å². The Morgan fingerprint density at radius 3 is 2.22 bits per heavy atom. The van der Waals surface area contributed by atoms with Gasteiger partial charge in [0.2, 0.25) is 0 Å². The summed E-state index contributed by atoms with van der Waals surface area (Å²) < 4.78 is 21.2. The average molecular weight is 442 g/mol. The topological polar surface area (TPSA) is 83.1 Å². The van der Waals surface area contributed by atoms with Gasteiger partial charge in [-0.1, -0.05) is 32.0 Å². The molecule has 2 aromatic rings. The molecule has 2 atom stereocenters. The van der Waals surface area contributed by atoms with Crippen LogP contribution in [0.4, 0.5) is 5.69 Å². The third kappa shape index (κ3) is 6.26. The normalized spacial score (nSPS) is 12.7. The summed E-state index contributed by atoms with van der Waals surface area (Å²) in [6.07, 6.45) is 2.75. The zero-order chi connectivity index (χ0) is 23.7. The van der Waals surface area contributed by atoms with Crippen molar-refractivity contribution in [3.05, 3.63) is 53.6 Å². The molecule has 7 nitrogen and oxygen atoms in total. The summed E-state index contributed by atoms with van der Waals surface area (Å²) in [5, 5.41) is 2.86. The molecule has 0 fully saturated rings. The Hall–Kier alpha value is -3.48. The predicted octanol–water partition coefficient (Wildman–Crippen LogP) is 4.81. The van der Waals surface area contributed by atoms with Crippen molar-refractivity contribution in [2.24, 2.45) is 0 Å². The molecule has 2 rings (SSSR count). The highest BCUT2D eigenvalue weighted by Gasteiger charge is 2.19. The maximum absolute atomic E-state index is 12.6. The lowest BCUT2D eigenvalue weighted by molar-refractivity contribution is -0.148. The Morgan fingerprint density at radius 1 is 0.969 bits per heavy atom. The van der Waals surface area contributed by atoms with Gasteiger partial charge in [0.05, 0.1) is 21.3 Å². The third-order valence-electron chi connectivity index (χ3n) is 5.16. The number of esters is 1. The monoisotopic (exact) mass is 441 g/mol. The second-order valence-electron chi connectivity index (χ2n) is 7.25. The van der Waals surface area contributed by atoms with Gasteiger partial charge in [-0.15, -0.1) is 0 Å². The molecule has 2 aromatic carbocycles. The molecule has 0 saturated heterocycles. The van der Waals surface area contributed by atoms with Gasteiger partial charge in [-0.3, -0.25) is 4.79 Å². The number of methoxy groups -OCH3 is 3. The van der Waals surface area contributed by atoms with Crippen LogP contribution in [0.5, 0.6) is 17.2 Å². The fourth-order valence-corrected chi connectivity index (χ4v) is 3.10. The van der Waals surface area contributed by atoms with Gasteiger partial charge in [0.25, 0.3) is 5.91 Å². The number of hydrogen-bond donors (Lipinski definition) is 1. The van der Waals surface area contributed by atoms with Gasteiger partial charge in [0, 0.05) is 23.4 Å². The number of hydrogen-bond acceptors (Lipinski definition) is 6. The van der Waals surface area contributed by atoms with E-state index in [1.165, 1.54) is 40.4 Å². The summed E-state index contributed by atoms with van der Waals surface area (Å²) in [4.78, 5) is 24.9. The van der Waals surface area contributed by atoms with Gasteiger partial charge in [0.15, 0.2) is 17.6 Å². The lowest BCUT2D eigenvalue weighted by Gasteiger charge is -2.17. The standard InChI is InChI=1S/C25H31NO6/c1-7-16(2)19-10-8-9-11-20(19)26-25(28)17(3)32-24(27)13-12-18-14-22(30-5)23(31-6)15-21(18)29-4/h8-17H,7H2,1-6H3,(H,26,28)/b13-12+. The van der Waals surface area contributed by atoms with Crippen molar-refractivity contribution >= 4 is 23.6 Å². The van der Waals surface area contributed by atoms with E-state index >= 15 is 0 Å². The van der Waals surface area contributed by atoms with Gasteiger partial charge in [0.1, 0.15) is 5.75 Å². The number of carbonyl (C=O) groups excluding carboxylic acids is 2. The molecule has 0 bridgehead atoms. The van der Waals surface area contributed by atoms with Crippen LogP contribution in [0, 0.1) is 0 Å². The van der Waals surface area contributed by atoms with Crippen LogP contribution in [0.3, 0.4) is 0 Å². The number of amides is 1. The highest BCUT2D eigenvalue weighted by atomic mass is 16.5. The van der Waals surface area contributed by atoms with Crippen molar-refractivity contribution < 1.29 is 28.5 Å². The Balaban J connectivity index is 2.07. The lowest BCUT2D eigenvalue weighted by atomic mass is 9.97. The van der Waals surface area contributed by atoms with E-state index in [2.05, 4.69) is 19.2 Å². The quantitative estimate of drug-likeness (QED) is 0.421. The van der Waals surface area contributed by atoms with Crippen LogP contribution in [0.25, 0.3) is 6.08 Å². The fraction of sp³-hybridized carbons (Fsp3) is 0.360. The van der Waals surface area contributed by atoms with Crippen LogP contribution in [-0.4, -0.2) is 39.3 Å². The number of benzene rings is 2. The minimum atomic E-state index is -0.968. The van der Waals surface area contributed by atoms with Crippen LogP contribution in [0.2, 0.25) is 0 Å². The minimum Gasteiger partial charge on any atom is -0.496 e. The molecule has 0 aliphatic heterocycles. The van der Waals surface area contributed by atoms with Gasteiger partial charge >= 0.3 is 5.97 Å². The van der Waals surface area contributed by atoms with Crippen LogP contribution < -0.4 is 19.5 Å². The number of anilines is 1. The van der Waals surface area contributed by atoms with Gasteiger partial charge in [-0.05, 0) is 43.0 Å². The zero-order valence-electron chi connectivity index (χ0n) is 19.4. The number of nitrogens with one attached hydrogen (secondary N) is 1. The molecule has 1 amide bonds. The predicted molar refractivity (Wildman–Crippen MR) is 124 cm³/mol. The van der Waals surface area contributed by atoms with E-state index in [4.69, 9.17) is 18.9 Å². The van der Waals surface area contributed by atoms with Gasteiger partial charge < -0.3 is 24.3 Å². The zero-order valence-corrected chi connectivity index (χ0v) is 19.4. The van der Waals surface area contributed by atoms with E-state index in [1.807, 2.05) is 24.3 Å². The van der Waals surface area contributed by atoms with E-state index < -0.39 is 18.0 Å². The fourth-order valence-electron chi connectivity index (χ4n) is 3.10. The molecule has 0 aliphatic rings. The first-order valence-corrected chi connectivity index (χ1v) is 10.4. The second-order valence-corrected chi connectivity index (χ2v) is 7.25. The summed E-state index contributed by atoms with van der Waals surface area (Å²) >= 11 is 0. The molecule has 172 valence electrons. The summed E-state index contributed by atoms with van der Waals surface area (Å²) in [6.45, 7) is 5.72. The summed E-state index contributed by atoms with van der Waals surface area (Å²) in [5.74, 6) is 0.745. The molecule has 32 heavy (non-hydrogen) atoms. The maximum Gasteiger partial charge on any atom is 0.331 e. The smallest absolute Gasteiger partial charge is 0.331 e. The molecular weight excluding hydrogens is 410 g/mol. The van der Waals surface area contributed by atoms with E-state index in [1.54, 1.807) is 12.1 Å². The van der Waals surface area contributed by atoms with E-state index in [-0.39, 0.29) is 0 Å². The average Bonchev–Trinajstić information content (AvgIpc) is 2.81. The maximum atomic E-state index is 12.6. The highest BCUT2D eigenvalue weighted by Crippen LogP contribution is 2.35. The van der Waals surface area contributed by atoms with Crippen LogP contribution in [0.1, 0.15) is 44.2 Å². The molecule has 1 N–H and O–H groups in total. The van der Waals surface area contributed by atoms with Crippen molar-refractivity contribution in [3.8, 4) is 17.2 Å². The lowest BCUT2D eigenvalue weighted by Crippen LogP contribution is -2.29. The minimum absolute atomic E-state index is 0.295. The first-order valence-electron chi connectivity index (χ1n) is 10.4. The summed E-state index contributed by atoms with van der Waals surface area (Å²) in [5.41, 5.74) is 2.37. The molecule has 2 unspecified atom stereocenters. The van der Waals surface area contributed by atoms with E-state index in [0.717, 1.165) is 17.7 Å². The van der Waals surface area contributed by atoms with Crippen molar-refractivity contribution in [2.75, 3.05) is 26.6 Å². The molecule has 0 spiro atoms. The number of carbonyl (C=O) groups is 2. The number of ether oxygens (including phenoxy) is 4. The molecular formula is C25H31NO6. The molecule has 0 radical (unpaired) electrons. The van der Waals surface area contributed by atoms with Crippen molar-refractivity contribution in [2.45, 2.75) is 39.2 Å². The molecule has 0 heterocycles. The first kappa shape index (κ1) is 24.8. The van der Waals surface area contributed by atoms with E-state index in [9.17, 15) is 9.59 Å². The first-order chi connectivity index (χ1) is 15.3. The summed E-state index contributed by atoms with van der Waals surface area (Å²) in [7, 11) is 4.56. The molecule has 7 heteroatoms. The Morgan fingerprint density at radius 2 is 1.59 bits per heavy atom. The van der Waals surface area contributed by atoms with Crippen molar-refractivity contribution in [1.82, 2.24) is 0 Å². The molecule has 0 aromatic heterocycles. The molecule has 0 aliphatic carbocycles. The number of para-hydroxylation sites is 1. The highest BCUT2D eigenvalue weighted by molar-refractivity contribution is 5.97. The second kappa shape index (κ2) is 11.8. The Kier molecular flexibility index (Phi) is 9.13. The van der Waals surface area contributed by atoms with Crippen molar-refractivity contribution in [3.63, 3.8) is 0 Å². The summed E-state index contributed by atoms with van der Waals surface area (Å²) in [6, 6.07) is 11.0. The van der Waals surface area contributed by atoms with Crippen molar-refractivity contribution in [1.29, 1.82) is 0 Å². The Labute approximate surface area is 189 Å². The largest absolute Gasteiger partial charge is 0.496 e.